The van der Waals surface area contributed by atoms with Crippen molar-refractivity contribution in [3.05, 3.63) is 11.9 Å². The number of nitrogens with zero attached hydrogens (tertiary/aromatic N) is 3. The number of hydrogen-bond donors (Lipinski definition) is 1. The molecule has 92 valence electrons. The molecule has 1 N–H and O–H groups in total. The third-order valence-corrected chi connectivity index (χ3v) is 2.46. The molecule has 0 atom stereocenters. The van der Waals surface area contributed by atoms with Crippen LogP contribution in [0.25, 0.3) is 0 Å². The molecule has 0 spiro atoms. The van der Waals surface area contributed by atoms with Crippen LogP contribution in [-0.2, 0) is 4.74 Å². The zero-order valence-corrected chi connectivity index (χ0v) is 9.42. The van der Waals surface area contributed by atoms with Gasteiger partial charge >= 0.3 is 5.97 Å². The molecule has 2 heterocycles. The number of hydrogen-bond acceptors (Lipinski definition) is 6. The molecule has 1 aromatic heterocycles. The van der Waals surface area contributed by atoms with Gasteiger partial charge in [0.25, 0.3) is 0 Å². The van der Waals surface area contributed by atoms with Crippen molar-refractivity contribution in [2.24, 2.45) is 0 Å². The van der Waals surface area contributed by atoms with Gasteiger partial charge in [-0.15, -0.1) is 0 Å². The molecule has 0 unspecified atom stereocenters. The summed E-state index contributed by atoms with van der Waals surface area (Å²) in [7, 11) is 1.39. The van der Waals surface area contributed by atoms with E-state index in [1.54, 1.807) is 0 Å². The topological polar surface area (TPSA) is 84.8 Å². The summed E-state index contributed by atoms with van der Waals surface area (Å²) in [5.74, 6) is -0.570. The number of aromatic carboxylic acids is 1. The molecule has 7 nitrogen and oxygen atoms in total. The predicted octanol–water partition coefficient (Wildman–Crippen LogP) is 0.0200. The molecular weight excluding hydrogens is 226 g/mol. The Morgan fingerprint density at radius 2 is 2.24 bits per heavy atom. The molecule has 0 amide bonds. The summed E-state index contributed by atoms with van der Waals surface area (Å²) in [6.07, 6.45) is 1.38. The van der Waals surface area contributed by atoms with Crippen molar-refractivity contribution in [1.29, 1.82) is 0 Å². The van der Waals surface area contributed by atoms with Gasteiger partial charge in [-0.05, 0) is 0 Å². The number of carboxylic acid groups (broad SMARTS) is 1. The van der Waals surface area contributed by atoms with E-state index in [-0.39, 0.29) is 11.4 Å². The summed E-state index contributed by atoms with van der Waals surface area (Å²) in [5, 5.41) is 9.01. The summed E-state index contributed by atoms with van der Waals surface area (Å²) >= 11 is 0. The fraction of sp³-hybridized carbons (Fsp3) is 0.500. The van der Waals surface area contributed by atoms with E-state index in [9.17, 15) is 4.79 Å². The van der Waals surface area contributed by atoms with E-state index >= 15 is 0 Å². The van der Waals surface area contributed by atoms with Gasteiger partial charge in [0, 0.05) is 13.1 Å². The molecule has 7 heteroatoms. The summed E-state index contributed by atoms with van der Waals surface area (Å²) in [6.45, 7) is 2.51. The monoisotopic (exact) mass is 239 g/mol. The Kier molecular flexibility index (Phi) is 3.38. The number of anilines is 1. The summed E-state index contributed by atoms with van der Waals surface area (Å²) < 4.78 is 10.1. The molecule has 0 saturated carbocycles. The number of carboxylic acids is 1. The van der Waals surface area contributed by atoms with Crippen molar-refractivity contribution in [2.45, 2.75) is 0 Å². The fourth-order valence-corrected chi connectivity index (χ4v) is 1.58. The average Bonchev–Trinajstić information content (AvgIpc) is 2.39. The Hall–Kier alpha value is -1.89. The van der Waals surface area contributed by atoms with E-state index in [1.165, 1.54) is 13.3 Å². The van der Waals surface area contributed by atoms with E-state index < -0.39 is 5.97 Å². The summed E-state index contributed by atoms with van der Waals surface area (Å²) in [6, 6.07) is 0. The largest absolute Gasteiger partial charge is 0.493 e. The van der Waals surface area contributed by atoms with Crippen LogP contribution in [0, 0.1) is 0 Å². The quantitative estimate of drug-likeness (QED) is 0.795. The number of rotatable bonds is 3. The van der Waals surface area contributed by atoms with Crippen molar-refractivity contribution in [2.75, 3.05) is 38.3 Å². The minimum Gasteiger partial charge on any atom is -0.493 e. The van der Waals surface area contributed by atoms with Gasteiger partial charge < -0.3 is 19.5 Å². The zero-order valence-electron chi connectivity index (χ0n) is 9.42. The fourth-order valence-electron chi connectivity index (χ4n) is 1.58. The molecule has 1 aromatic rings. The highest BCUT2D eigenvalue weighted by atomic mass is 16.5. The molecule has 1 aliphatic rings. The lowest BCUT2D eigenvalue weighted by atomic mass is 10.3. The first-order chi connectivity index (χ1) is 8.22. The molecule has 1 saturated heterocycles. The van der Waals surface area contributed by atoms with Crippen LogP contribution in [0.4, 0.5) is 5.95 Å². The normalized spacial score (nSPS) is 15.7. The van der Waals surface area contributed by atoms with Crippen LogP contribution in [-0.4, -0.2) is 54.5 Å². The van der Waals surface area contributed by atoms with Crippen molar-refractivity contribution < 1.29 is 19.4 Å². The predicted molar refractivity (Wildman–Crippen MR) is 58.6 cm³/mol. The van der Waals surface area contributed by atoms with Crippen LogP contribution < -0.4 is 9.64 Å². The maximum absolute atomic E-state index is 11.0. The number of carbonyl (C=O) groups is 1. The van der Waals surface area contributed by atoms with Crippen LogP contribution in [0.5, 0.6) is 5.75 Å². The standard InChI is InChI=1S/C10H13N3O4/c1-16-7-6-11-10(12-8(7)9(14)15)13-2-4-17-5-3-13/h6H,2-5H2,1H3,(H,14,15). The molecule has 17 heavy (non-hydrogen) atoms. The van der Waals surface area contributed by atoms with E-state index in [0.717, 1.165) is 0 Å². The minimum absolute atomic E-state index is 0.121. The van der Waals surface area contributed by atoms with Crippen molar-refractivity contribution in [1.82, 2.24) is 9.97 Å². The van der Waals surface area contributed by atoms with Crippen LogP contribution in [0.15, 0.2) is 6.20 Å². The lowest BCUT2D eigenvalue weighted by Gasteiger charge is -2.26. The Labute approximate surface area is 98.0 Å². The van der Waals surface area contributed by atoms with Crippen LogP contribution in [0.2, 0.25) is 0 Å². The minimum atomic E-state index is -1.13. The number of ether oxygens (including phenoxy) is 2. The molecule has 0 aliphatic carbocycles. The third kappa shape index (κ3) is 2.44. The average molecular weight is 239 g/mol. The third-order valence-electron chi connectivity index (χ3n) is 2.46. The smallest absolute Gasteiger partial charge is 0.358 e. The second kappa shape index (κ2) is 4.96. The lowest BCUT2D eigenvalue weighted by Crippen LogP contribution is -2.37. The second-order valence-electron chi connectivity index (χ2n) is 3.49. The van der Waals surface area contributed by atoms with Gasteiger partial charge in [-0.1, -0.05) is 0 Å². The maximum Gasteiger partial charge on any atom is 0.358 e. The number of methoxy groups -OCH3 is 1. The van der Waals surface area contributed by atoms with Gasteiger partial charge in [-0.3, -0.25) is 0 Å². The number of morpholine rings is 1. The highest BCUT2D eigenvalue weighted by Crippen LogP contribution is 2.18. The van der Waals surface area contributed by atoms with E-state index in [0.29, 0.717) is 32.3 Å². The van der Waals surface area contributed by atoms with Crippen LogP contribution >= 0.6 is 0 Å². The maximum atomic E-state index is 11.0. The Morgan fingerprint density at radius 1 is 1.53 bits per heavy atom. The summed E-state index contributed by atoms with van der Waals surface area (Å²) in [4.78, 5) is 21.0. The molecule has 0 aromatic carbocycles. The van der Waals surface area contributed by atoms with Gasteiger partial charge in [0.2, 0.25) is 5.95 Å². The number of aromatic nitrogens is 2. The van der Waals surface area contributed by atoms with Crippen molar-refractivity contribution in [3.63, 3.8) is 0 Å². The molecular formula is C10H13N3O4. The highest BCUT2D eigenvalue weighted by molar-refractivity contribution is 5.88. The molecule has 2 rings (SSSR count). The lowest BCUT2D eigenvalue weighted by molar-refractivity contribution is 0.0686. The first-order valence-corrected chi connectivity index (χ1v) is 5.19. The molecule has 1 aliphatic heterocycles. The van der Waals surface area contributed by atoms with Gasteiger partial charge in [0.1, 0.15) is 0 Å². The molecule has 0 radical (unpaired) electrons. The van der Waals surface area contributed by atoms with Crippen molar-refractivity contribution >= 4 is 11.9 Å². The van der Waals surface area contributed by atoms with Gasteiger partial charge in [-0.25, -0.2) is 14.8 Å². The first kappa shape index (κ1) is 11.6. The molecule has 0 bridgehead atoms. The zero-order chi connectivity index (χ0) is 12.3. The first-order valence-electron chi connectivity index (χ1n) is 5.19. The Morgan fingerprint density at radius 3 is 2.82 bits per heavy atom. The van der Waals surface area contributed by atoms with Gasteiger partial charge in [-0.2, -0.15) is 0 Å². The van der Waals surface area contributed by atoms with E-state index in [1.807, 2.05) is 4.90 Å². The Bertz CT molecular complexity index is 418. The van der Waals surface area contributed by atoms with Gasteiger partial charge in [0.15, 0.2) is 11.4 Å². The highest BCUT2D eigenvalue weighted by Gasteiger charge is 2.19. The van der Waals surface area contributed by atoms with Crippen LogP contribution in [0.3, 0.4) is 0 Å². The SMILES string of the molecule is COc1cnc(N2CCOCC2)nc1C(=O)O. The molecule has 1 fully saturated rings. The van der Waals surface area contributed by atoms with Gasteiger partial charge in [0.05, 0.1) is 26.5 Å². The second-order valence-corrected chi connectivity index (χ2v) is 3.49. The summed E-state index contributed by atoms with van der Waals surface area (Å²) in [5.41, 5.74) is -0.121. The van der Waals surface area contributed by atoms with E-state index in [4.69, 9.17) is 14.6 Å². The van der Waals surface area contributed by atoms with E-state index in [2.05, 4.69) is 9.97 Å². The Balaban J connectivity index is 2.29. The van der Waals surface area contributed by atoms with Crippen LogP contribution in [0.1, 0.15) is 10.5 Å². The van der Waals surface area contributed by atoms with Crippen molar-refractivity contribution in [3.8, 4) is 5.75 Å².